The van der Waals surface area contributed by atoms with Crippen molar-refractivity contribution in [2.24, 2.45) is 16.7 Å². The highest BCUT2D eigenvalue weighted by Gasteiger charge is 2.45. The van der Waals surface area contributed by atoms with Crippen molar-refractivity contribution >= 4 is 0 Å². The van der Waals surface area contributed by atoms with Crippen LogP contribution in [0, 0.1) is 16.7 Å². The minimum Gasteiger partial charge on any atom is -0.385 e. The van der Waals surface area contributed by atoms with Gasteiger partial charge in [0.2, 0.25) is 0 Å². The number of rotatable bonds is 4. The van der Waals surface area contributed by atoms with Gasteiger partial charge in [-0.3, -0.25) is 0 Å². The van der Waals surface area contributed by atoms with E-state index < -0.39 is 0 Å². The number of hydrogen-bond donors (Lipinski definition) is 1. The van der Waals surface area contributed by atoms with Gasteiger partial charge in [-0.1, -0.05) is 53.2 Å². The summed E-state index contributed by atoms with van der Waals surface area (Å²) in [6, 6.07) is 0. The van der Waals surface area contributed by atoms with Crippen LogP contribution in [0.4, 0.5) is 0 Å². The summed E-state index contributed by atoms with van der Waals surface area (Å²) >= 11 is 0. The fourth-order valence-electron chi connectivity index (χ4n) is 2.81. The van der Waals surface area contributed by atoms with Crippen LogP contribution >= 0.6 is 0 Å². The maximum atomic E-state index is 3.68. The fraction of sp³-hybridized carbons (Fsp3) is 0.778. The molecule has 1 aliphatic rings. The molecule has 1 heterocycles. The molecule has 0 amide bonds. The second kappa shape index (κ2) is 5.00. The van der Waals surface area contributed by atoms with Crippen molar-refractivity contribution in [2.45, 2.75) is 74.3 Å². The average Bonchev–Trinajstić information content (AvgIpc) is 2.61. The third-order valence-electron chi connectivity index (χ3n) is 5.45. The lowest BCUT2D eigenvalue weighted by atomic mass is 9.66. The lowest BCUT2D eigenvalue weighted by Crippen LogP contribution is -2.48. The number of hydrogen-bond acceptors (Lipinski definition) is 1. The zero-order valence-electron chi connectivity index (χ0n) is 14.4. The molecule has 0 aliphatic carbocycles. The summed E-state index contributed by atoms with van der Waals surface area (Å²) in [6.45, 7) is 20.8. The molecule has 0 radical (unpaired) electrons. The van der Waals surface area contributed by atoms with Gasteiger partial charge in [0.1, 0.15) is 0 Å². The number of allylic oxidation sites excluding steroid dienone is 1. The average molecular weight is 263 g/mol. The van der Waals surface area contributed by atoms with Crippen molar-refractivity contribution in [3.63, 3.8) is 0 Å². The molecule has 0 fully saturated rings. The molecule has 19 heavy (non-hydrogen) atoms. The molecule has 0 spiro atoms. The molecular weight excluding hydrogens is 230 g/mol. The van der Waals surface area contributed by atoms with E-state index in [1.54, 1.807) is 5.57 Å². The Hall–Kier alpha value is -0.720. The van der Waals surface area contributed by atoms with Gasteiger partial charge in [-0.05, 0) is 50.3 Å². The highest BCUT2D eigenvalue weighted by atomic mass is 15.0. The van der Waals surface area contributed by atoms with Crippen LogP contribution in [0.5, 0.6) is 0 Å². The maximum Gasteiger partial charge on any atom is 0.0463 e. The standard InChI is InChI=1S/C18H33N/c1-13(2)10-16(5,6)18(9)11-15(12-19-18)17(7,8)14(3)4/h10,12,14,19H,11H2,1-9H3. The fourth-order valence-corrected chi connectivity index (χ4v) is 2.81. The molecule has 110 valence electrons. The molecule has 0 saturated carbocycles. The van der Waals surface area contributed by atoms with E-state index in [1.807, 2.05) is 0 Å². The summed E-state index contributed by atoms with van der Waals surface area (Å²) in [5.74, 6) is 0.662. The first-order valence-corrected chi connectivity index (χ1v) is 7.56. The lowest BCUT2D eigenvalue weighted by Gasteiger charge is -2.42. The molecule has 0 bridgehead atoms. The Labute approximate surface area is 120 Å². The van der Waals surface area contributed by atoms with E-state index in [1.165, 1.54) is 5.57 Å². The SMILES string of the molecule is CC(C)=CC(C)(C)C1(C)CC(C(C)(C)C(C)C)=CN1. The van der Waals surface area contributed by atoms with Gasteiger partial charge in [0.05, 0.1) is 0 Å². The van der Waals surface area contributed by atoms with Crippen molar-refractivity contribution in [1.82, 2.24) is 5.32 Å². The van der Waals surface area contributed by atoms with Crippen molar-refractivity contribution in [1.29, 1.82) is 0 Å². The van der Waals surface area contributed by atoms with Gasteiger partial charge in [0.25, 0.3) is 0 Å². The largest absolute Gasteiger partial charge is 0.385 e. The Bertz CT molecular complexity index is 392. The molecule has 1 atom stereocenters. The molecule has 0 aromatic carbocycles. The van der Waals surface area contributed by atoms with Crippen LogP contribution in [0.2, 0.25) is 0 Å². The quantitative estimate of drug-likeness (QED) is 0.679. The topological polar surface area (TPSA) is 12.0 Å². The van der Waals surface area contributed by atoms with E-state index in [0.29, 0.717) is 5.92 Å². The predicted molar refractivity (Wildman–Crippen MR) is 86.1 cm³/mol. The molecule has 0 aromatic heterocycles. The molecule has 1 aliphatic heterocycles. The Balaban J connectivity index is 2.98. The van der Waals surface area contributed by atoms with E-state index in [4.69, 9.17) is 0 Å². The first-order chi connectivity index (χ1) is 8.42. The molecule has 1 nitrogen and oxygen atoms in total. The van der Waals surface area contributed by atoms with E-state index in [0.717, 1.165) is 6.42 Å². The minimum absolute atomic E-state index is 0.117. The van der Waals surface area contributed by atoms with Crippen LogP contribution in [0.25, 0.3) is 0 Å². The summed E-state index contributed by atoms with van der Waals surface area (Å²) in [6.07, 6.45) is 5.81. The van der Waals surface area contributed by atoms with Gasteiger partial charge in [0.15, 0.2) is 0 Å². The van der Waals surface area contributed by atoms with E-state index >= 15 is 0 Å². The molecule has 0 saturated heterocycles. The van der Waals surface area contributed by atoms with Crippen molar-refractivity contribution in [3.8, 4) is 0 Å². The number of nitrogens with one attached hydrogen (secondary N) is 1. The third kappa shape index (κ3) is 3.07. The van der Waals surface area contributed by atoms with Gasteiger partial charge in [0, 0.05) is 11.0 Å². The van der Waals surface area contributed by atoms with Crippen LogP contribution in [0.1, 0.15) is 68.7 Å². The monoisotopic (exact) mass is 263 g/mol. The summed E-state index contributed by atoms with van der Waals surface area (Å²) in [5, 5.41) is 3.68. The predicted octanol–water partition coefficient (Wildman–Crippen LogP) is 5.30. The van der Waals surface area contributed by atoms with Gasteiger partial charge in [-0.25, -0.2) is 0 Å². The normalized spacial score (nSPS) is 24.2. The van der Waals surface area contributed by atoms with E-state index in [2.05, 4.69) is 79.9 Å². The van der Waals surface area contributed by atoms with Crippen LogP contribution in [0.15, 0.2) is 23.4 Å². The second-order valence-electron chi connectivity index (χ2n) is 8.14. The highest BCUT2D eigenvalue weighted by Crippen LogP contribution is 2.47. The Morgan fingerprint density at radius 3 is 2.21 bits per heavy atom. The molecule has 0 aromatic rings. The van der Waals surface area contributed by atoms with E-state index in [-0.39, 0.29) is 16.4 Å². The van der Waals surface area contributed by atoms with Crippen LogP contribution in [-0.2, 0) is 0 Å². The second-order valence-corrected chi connectivity index (χ2v) is 8.14. The molecular formula is C18H33N. The Morgan fingerprint density at radius 1 is 1.26 bits per heavy atom. The summed E-state index contributed by atoms with van der Waals surface area (Å²) in [5.41, 5.74) is 3.49. The highest BCUT2D eigenvalue weighted by molar-refractivity contribution is 5.27. The van der Waals surface area contributed by atoms with Gasteiger partial charge in [-0.2, -0.15) is 0 Å². The van der Waals surface area contributed by atoms with Gasteiger partial charge < -0.3 is 5.32 Å². The zero-order valence-corrected chi connectivity index (χ0v) is 14.4. The molecule has 1 heteroatoms. The summed E-state index contributed by atoms with van der Waals surface area (Å²) < 4.78 is 0. The first kappa shape index (κ1) is 16.3. The lowest BCUT2D eigenvalue weighted by molar-refractivity contribution is 0.207. The molecule has 1 N–H and O–H groups in total. The smallest absolute Gasteiger partial charge is 0.0463 e. The van der Waals surface area contributed by atoms with Crippen LogP contribution in [0.3, 0.4) is 0 Å². The third-order valence-corrected chi connectivity index (χ3v) is 5.45. The van der Waals surface area contributed by atoms with Gasteiger partial charge >= 0.3 is 0 Å². The zero-order chi connectivity index (χ0) is 15.1. The summed E-state index contributed by atoms with van der Waals surface area (Å²) in [7, 11) is 0. The van der Waals surface area contributed by atoms with Crippen molar-refractivity contribution in [3.05, 3.63) is 23.4 Å². The maximum absolute atomic E-state index is 3.68. The van der Waals surface area contributed by atoms with Crippen molar-refractivity contribution < 1.29 is 0 Å². The summed E-state index contributed by atoms with van der Waals surface area (Å²) in [4.78, 5) is 0. The molecule has 1 rings (SSSR count). The van der Waals surface area contributed by atoms with Crippen LogP contribution < -0.4 is 5.32 Å². The van der Waals surface area contributed by atoms with Crippen molar-refractivity contribution in [2.75, 3.05) is 0 Å². The Kier molecular flexibility index (Phi) is 4.29. The molecule has 1 unspecified atom stereocenters. The van der Waals surface area contributed by atoms with Crippen LogP contribution in [-0.4, -0.2) is 5.54 Å². The minimum atomic E-state index is 0.117. The Morgan fingerprint density at radius 2 is 1.79 bits per heavy atom. The first-order valence-electron chi connectivity index (χ1n) is 7.56. The van der Waals surface area contributed by atoms with E-state index in [9.17, 15) is 0 Å². The van der Waals surface area contributed by atoms with Gasteiger partial charge in [-0.15, -0.1) is 0 Å².